The number of hydrogen-bond donors (Lipinski definition) is 3. The lowest BCUT2D eigenvalue weighted by Crippen LogP contribution is -2.45. The number of aromatic amines is 1. The van der Waals surface area contributed by atoms with E-state index in [1.54, 1.807) is 6.07 Å². The predicted molar refractivity (Wildman–Crippen MR) is 60.8 cm³/mol. The van der Waals surface area contributed by atoms with Crippen molar-refractivity contribution >= 4 is 5.91 Å². The molecule has 1 aromatic rings. The molecule has 2 rings (SSSR count). The van der Waals surface area contributed by atoms with Gasteiger partial charge in [-0.05, 0) is 25.8 Å². The minimum Gasteiger partial charge on any atom is -0.286 e. The van der Waals surface area contributed by atoms with Crippen LogP contribution in [0.1, 0.15) is 48.3 Å². The monoisotopic (exact) mass is 222 g/mol. The van der Waals surface area contributed by atoms with Gasteiger partial charge >= 0.3 is 0 Å². The average Bonchev–Trinajstić information content (AvgIpc) is 2.74. The second-order valence-corrected chi connectivity index (χ2v) is 4.37. The third-order valence-corrected chi connectivity index (χ3v) is 2.93. The van der Waals surface area contributed by atoms with Crippen LogP contribution in [-0.2, 0) is 0 Å². The van der Waals surface area contributed by atoms with E-state index in [1.165, 1.54) is 19.3 Å². The van der Waals surface area contributed by atoms with Gasteiger partial charge in [-0.25, -0.2) is 5.43 Å². The number of aryl methyl sites for hydroxylation is 1. The van der Waals surface area contributed by atoms with Crippen molar-refractivity contribution in [3.63, 3.8) is 0 Å². The Labute approximate surface area is 95.0 Å². The van der Waals surface area contributed by atoms with E-state index >= 15 is 0 Å². The van der Waals surface area contributed by atoms with E-state index in [0.29, 0.717) is 11.7 Å². The number of aromatic nitrogens is 2. The van der Waals surface area contributed by atoms with Gasteiger partial charge in [0.25, 0.3) is 5.91 Å². The van der Waals surface area contributed by atoms with Crippen LogP contribution >= 0.6 is 0 Å². The summed E-state index contributed by atoms with van der Waals surface area (Å²) in [5.74, 6) is -0.171. The van der Waals surface area contributed by atoms with Crippen molar-refractivity contribution < 1.29 is 4.79 Å². The first-order valence-electron chi connectivity index (χ1n) is 5.83. The van der Waals surface area contributed by atoms with Gasteiger partial charge in [0.2, 0.25) is 0 Å². The highest BCUT2D eigenvalue weighted by Gasteiger charge is 2.15. The third-order valence-electron chi connectivity index (χ3n) is 2.93. The molecule has 5 heteroatoms. The Hall–Kier alpha value is -1.36. The third kappa shape index (κ3) is 2.82. The molecule has 88 valence electrons. The number of nitrogens with zero attached hydrogens (tertiary/aromatic N) is 1. The minimum absolute atomic E-state index is 0.171. The van der Waals surface area contributed by atoms with Crippen LogP contribution in [-0.4, -0.2) is 22.1 Å². The zero-order valence-electron chi connectivity index (χ0n) is 9.55. The predicted octanol–water partition coefficient (Wildman–Crippen LogP) is 1.29. The fourth-order valence-electron chi connectivity index (χ4n) is 2.01. The van der Waals surface area contributed by atoms with Gasteiger partial charge in [-0.15, -0.1) is 0 Å². The Morgan fingerprint density at radius 3 is 2.81 bits per heavy atom. The van der Waals surface area contributed by atoms with E-state index in [1.807, 2.05) is 6.92 Å². The van der Waals surface area contributed by atoms with Gasteiger partial charge in [-0.2, -0.15) is 5.10 Å². The number of H-pyrrole nitrogens is 1. The summed E-state index contributed by atoms with van der Waals surface area (Å²) in [7, 11) is 0. The lowest BCUT2D eigenvalue weighted by Gasteiger charge is -2.22. The molecule has 1 aliphatic rings. The van der Waals surface area contributed by atoms with Crippen LogP contribution in [0.25, 0.3) is 0 Å². The molecular weight excluding hydrogens is 204 g/mol. The number of amides is 1. The lowest BCUT2D eigenvalue weighted by atomic mass is 9.96. The minimum atomic E-state index is -0.171. The smallest absolute Gasteiger partial charge is 0.285 e. The topological polar surface area (TPSA) is 69.8 Å². The maximum Gasteiger partial charge on any atom is 0.285 e. The summed E-state index contributed by atoms with van der Waals surface area (Å²) in [6.45, 7) is 1.87. The van der Waals surface area contributed by atoms with Crippen LogP contribution in [0, 0.1) is 6.92 Å². The summed E-state index contributed by atoms with van der Waals surface area (Å²) in [6.07, 6.45) is 6.08. The summed E-state index contributed by atoms with van der Waals surface area (Å²) >= 11 is 0. The van der Waals surface area contributed by atoms with E-state index in [2.05, 4.69) is 21.0 Å². The molecule has 1 saturated carbocycles. The fourth-order valence-corrected chi connectivity index (χ4v) is 2.01. The molecule has 1 aliphatic carbocycles. The molecule has 1 amide bonds. The van der Waals surface area contributed by atoms with Crippen LogP contribution in [0.15, 0.2) is 6.07 Å². The number of carbonyl (C=O) groups excluding carboxylic acids is 1. The van der Waals surface area contributed by atoms with Gasteiger partial charge in [0, 0.05) is 11.7 Å². The highest BCUT2D eigenvalue weighted by molar-refractivity contribution is 5.91. The standard InChI is InChI=1S/C11H18N4O/c1-8-7-10(14-12-8)11(16)15-13-9-5-3-2-4-6-9/h7,9,13H,2-6H2,1H3,(H,12,14)(H,15,16). The molecule has 16 heavy (non-hydrogen) atoms. The first-order chi connectivity index (χ1) is 7.75. The molecule has 5 nitrogen and oxygen atoms in total. The van der Waals surface area contributed by atoms with Crippen molar-refractivity contribution in [1.29, 1.82) is 0 Å². The molecule has 0 saturated heterocycles. The molecule has 1 fully saturated rings. The number of carbonyl (C=O) groups is 1. The molecule has 0 aliphatic heterocycles. The van der Waals surface area contributed by atoms with Gasteiger partial charge in [-0.1, -0.05) is 19.3 Å². The van der Waals surface area contributed by atoms with Crippen molar-refractivity contribution in [3.8, 4) is 0 Å². The SMILES string of the molecule is Cc1cc(C(=O)NNC2CCCCC2)n[nH]1. The van der Waals surface area contributed by atoms with Crippen molar-refractivity contribution in [2.24, 2.45) is 0 Å². The lowest BCUT2D eigenvalue weighted by molar-refractivity contribution is 0.0915. The maximum absolute atomic E-state index is 11.6. The number of nitrogens with one attached hydrogen (secondary N) is 3. The second kappa shape index (κ2) is 5.12. The zero-order valence-corrected chi connectivity index (χ0v) is 9.55. The second-order valence-electron chi connectivity index (χ2n) is 4.37. The summed E-state index contributed by atoms with van der Waals surface area (Å²) in [6, 6.07) is 2.15. The van der Waals surface area contributed by atoms with Gasteiger partial charge in [0.05, 0.1) is 0 Å². The summed E-state index contributed by atoms with van der Waals surface area (Å²) in [5, 5.41) is 6.65. The van der Waals surface area contributed by atoms with Gasteiger partial charge in [-0.3, -0.25) is 15.3 Å². The van der Waals surface area contributed by atoms with E-state index in [4.69, 9.17) is 0 Å². The van der Waals surface area contributed by atoms with Crippen LogP contribution in [0.2, 0.25) is 0 Å². The van der Waals surface area contributed by atoms with Crippen molar-refractivity contribution in [2.75, 3.05) is 0 Å². The van der Waals surface area contributed by atoms with Crippen molar-refractivity contribution in [2.45, 2.75) is 45.1 Å². The molecule has 0 spiro atoms. The first-order valence-corrected chi connectivity index (χ1v) is 5.83. The summed E-state index contributed by atoms with van der Waals surface area (Å²) in [4.78, 5) is 11.6. The van der Waals surface area contributed by atoms with E-state index < -0.39 is 0 Å². The van der Waals surface area contributed by atoms with Gasteiger partial charge < -0.3 is 0 Å². The average molecular weight is 222 g/mol. The molecule has 0 bridgehead atoms. The van der Waals surface area contributed by atoms with Crippen LogP contribution in [0.3, 0.4) is 0 Å². The van der Waals surface area contributed by atoms with Crippen molar-refractivity contribution in [1.82, 2.24) is 21.0 Å². The number of hydrazine groups is 1. The van der Waals surface area contributed by atoms with E-state index in [9.17, 15) is 4.79 Å². The molecule has 1 aromatic heterocycles. The Bertz CT molecular complexity index is 355. The molecular formula is C11H18N4O. The van der Waals surface area contributed by atoms with Gasteiger partial charge in [0.15, 0.2) is 5.69 Å². The first kappa shape index (κ1) is 11.1. The Morgan fingerprint density at radius 1 is 1.44 bits per heavy atom. The van der Waals surface area contributed by atoms with Crippen molar-refractivity contribution in [3.05, 3.63) is 17.5 Å². The number of hydrogen-bond acceptors (Lipinski definition) is 3. The Balaban J connectivity index is 1.79. The largest absolute Gasteiger partial charge is 0.286 e. The quantitative estimate of drug-likeness (QED) is 0.675. The molecule has 0 atom stereocenters. The summed E-state index contributed by atoms with van der Waals surface area (Å²) < 4.78 is 0. The van der Waals surface area contributed by atoms with E-state index in [-0.39, 0.29) is 5.91 Å². The highest BCUT2D eigenvalue weighted by Crippen LogP contribution is 2.16. The highest BCUT2D eigenvalue weighted by atomic mass is 16.2. The summed E-state index contributed by atoms with van der Waals surface area (Å²) in [5.41, 5.74) is 7.11. The fraction of sp³-hybridized carbons (Fsp3) is 0.636. The van der Waals surface area contributed by atoms with Crippen LogP contribution in [0.5, 0.6) is 0 Å². The molecule has 0 aromatic carbocycles. The molecule has 0 unspecified atom stereocenters. The van der Waals surface area contributed by atoms with E-state index in [0.717, 1.165) is 18.5 Å². The molecule has 3 N–H and O–H groups in total. The molecule has 0 radical (unpaired) electrons. The molecule has 1 heterocycles. The zero-order chi connectivity index (χ0) is 11.4. The normalized spacial score (nSPS) is 17.3. The maximum atomic E-state index is 11.6. The Kier molecular flexibility index (Phi) is 3.56. The van der Waals surface area contributed by atoms with Crippen LogP contribution in [0.4, 0.5) is 0 Å². The number of rotatable bonds is 3. The van der Waals surface area contributed by atoms with Crippen LogP contribution < -0.4 is 10.9 Å². The van der Waals surface area contributed by atoms with Gasteiger partial charge in [0.1, 0.15) is 0 Å². The Morgan fingerprint density at radius 2 is 2.19 bits per heavy atom.